The van der Waals surface area contributed by atoms with Crippen molar-refractivity contribution in [2.24, 2.45) is 17.3 Å². The molecule has 0 heterocycles. The summed E-state index contributed by atoms with van der Waals surface area (Å²) in [7, 11) is 0. The highest BCUT2D eigenvalue weighted by Crippen LogP contribution is 2.34. The molecule has 0 saturated heterocycles. The van der Waals surface area contributed by atoms with Gasteiger partial charge in [-0.1, -0.05) is 77.4 Å². The maximum Gasteiger partial charge on any atom is 0.379 e. The van der Waals surface area contributed by atoms with E-state index in [0.29, 0.717) is 11.1 Å². The lowest BCUT2D eigenvalue weighted by molar-refractivity contribution is -0.154. The first-order valence-corrected chi connectivity index (χ1v) is 11.8. The van der Waals surface area contributed by atoms with Gasteiger partial charge in [0.25, 0.3) is 5.78 Å². The zero-order chi connectivity index (χ0) is 25.8. The molecule has 0 spiro atoms. The second kappa shape index (κ2) is 11.0. The summed E-state index contributed by atoms with van der Waals surface area (Å²) in [5.74, 6) is -2.40. The monoisotopic (exact) mass is 466 g/mol. The molecule has 0 fully saturated rings. The molecule has 3 atom stereocenters. The van der Waals surface area contributed by atoms with E-state index in [1.807, 2.05) is 80.5 Å². The van der Waals surface area contributed by atoms with E-state index in [4.69, 9.17) is 9.47 Å². The van der Waals surface area contributed by atoms with Crippen LogP contribution in [-0.2, 0) is 14.3 Å². The third kappa shape index (κ3) is 6.55. The first-order chi connectivity index (χ1) is 15.7. The Bertz CT molecular complexity index is 1010. The summed E-state index contributed by atoms with van der Waals surface area (Å²) < 4.78 is 11.8. The Hall–Kier alpha value is -2.95. The number of carbonyl (C=O) groups is 3. The van der Waals surface area contributed by atoms with E-state index >= 15 is 0 Å². The summed E-state index contributed by atoms with van der Waals surface area (Å²) >= 11 is 0. The van der Waals surface area contributed by atoms with Crippen molar-refractivity contribution in [1.29, 1.82) is 0 Å². The molecule has 0 aliphatic carbocycles. The Labute approximate surface area is 203 Å². The van der Waals surface area contributed by atoms with Crippen molar-refractivity contribution >= 4 is 17.7 Å². The van der Waals surface area contributed by atoms with Crippen LogP contribution in [0.2, 0.25) is 0 Å². The van der Waals surface area contributed by atoms with Crippen LogP contribution in [0.25, 0.3) is 0 Å². The number of aryl methyl sites for hydroxylation is 3. The van der Waals surface area contributed by atoms with E-state index in [1.165, 1.54) is 0 Å². The third-order valence-electron chi connectivity index (χ3n) is 6.08. The molecule has 3 unspecified atom stereocenters. The highest BCUT2D eigenvalue weighted by molar-refractivity contribution is 6.41. The van der Waals surface area contributed by atoms with E-state index in [9.17, 15) is 14.4 Å². The summed E-state index contributed by atoms with van der Waals surface area (Å²) in [4.78, 5) is 38.9. The minimum absolute atomic E-state index is 0.0905. The maximum absolute atomic E-state index is 13.0. The standard InChI is InChI=1S/C29H38O5/c1-17(2)25(33-28(32)24(30)23-19(4)15-18(3)16-20(23)5)21(6)26(29(7,8)9)34-27(31)22-13-11-10-12-14-22/h10-17,21,25-26H,1-9H3. The average molecular weight is 467 g/mol. The molecule has 0 radical (unpaired) electrons. The average Bonchev–Trinajstić information content (AvgIpc) is 2.73. The zero-order valence-corrected chi connectivity index (χ0v) is 21.9. The van der Waals surface area contributed by atoms with E-state index in [2.05, 4.69) is 0 Å². The Morgan fingerprint density at radius 3 is 1.82 bits per heavy atom. The molecule has 0 amide bonds. The van der Waals surface area contributed by atoms with Gasteiger partial charge in [0.05, 0.1) is 5.56 Å². The number of hydrogen-bond acceptors (Lipinski definition) is 5. The second-order valence-corrected chi connectivity index (χ2v) is 10.6. The van der Waals surface area contributed by atoms with Crippen molar-refractivity contribution in [3.05, 3.63) is 70.3 Å². The SMILES string of the molecule is Cc1cc(C)c(C(=O)C(=O)OC(C(C)C)C(C)C(OC(=O)c2ccccc2)C(C)(C)C)c(C)c1. The summed E-state index contributed by atoms with van der Waals surface area (Å²) in [5, 5.41) is 0. The van der Waals surface area contributed by atoms with E-state index in [1.54, 1.807) is 24.3 Å². The topological polar surface area (TPSA) is 69.7 Å². The lowest BCUT2D eigenvalue weighted by Crippen LogP contribution is -2.46. The number of ketones is 1. The second-order valence-electron chi connectivity index (χ2n) is 10.6. The first kappa shape index (κ1) is 27.3. The van der Waals surface area contributed by atoms with Crippen LogP contribution in [0.5, 0.6) is 0 Å². The predicted octanol–water partition coefficient (Wildman–Crippen LogP) is 6.27. The molecule has 184 valence electrons. The van der Waals surface area contributed by atoms with Crippen LogP contribution < -0.4 is 0 Å². The molecule has 0 aliphatic heterocycles. The Morgan fingerprint density at radius 1 is 0.824 bits per heavy atom. The Balaban J connectivity index is 2.29. The van der Waals surface area contributed by atoms with Crippen molar-refractivity contribution in [1.82, 2.24) is 0 Å². The summed E-state index contributed by atoms with van der Waals surface area (Å²) in [5.41, 5.74) is 2.95. The van der Waals surface area contributed by atoms with Gasteiger partial charge in [-0.2, -0.15) is 0 Å². The zero-order valence-electron chi connectivity index (χ0n) is 21.9. The number of benzene rings is 2. The largest absolute Gasteiger partial charge is 0.458 e. The van der Waals surface area contributed by atoms with E-state index < -0.39 is 35.3 Å². The normalized spacial score (nSPS) is 14.3. The molecule has 5 heteroatoms. The molecular formula is C29H38O5. The number of ether oxygens (including phenoxy) is 2. The number of carbonyl (C=O) groups excluding carboxylic acids is 3. The van der Waals surface area contributed by atoms with E-state index in [0.717, 1.165) is 16.7 Å². The molecule has 0 aromatic heterocycles. The molecule has 5 nitrogen and oxygen atoms in total. The van der Waals surface area contributed by atoms with Crippen molar-refractivity contribution in [3.63, 3.8) is 0 Å². The molecule has 0 bridgehead atoms. The van der Waals surface area contributed by atoms with Gasteiger partial charge in [-0.05, 0) is 55.4 Å². The van der Waals surface area contributed by atoms with Crippen LogP contribution in [0.4, 0.5) is 0 Å². The van der Waals surface area contributed by atoms with Gasteiger partial charge in [0.2, 0.25) is 0 Å². The van der Waals surface area contributed by atoms with Crippen LogP contribution in [0.15, 0.2) is 42.5 Å². The van der Waals surface area contributed by atoms with Crippen molar-refractivity contribution in [3.8, 4) is 0 Å². The highest BCUT2D eigenvalue weighted by atomic mass is 16.6. The maximum atomic E-state index is 13.0. The molecule has 2 rings (SSSR count). The Morgan fingerprint density at radius 2 is 1.35 bits per heavy atom. The van der Waals surface area contributed by atoms with Crippen LogP contribution >= 0.6 is 0 Å². The molecule has 34 heavy (non-hydrogen) atoms. The molecule has 0 N–H and O–H groups in total. The number of hydrogen-bond donors (Lipinski definition) is 0. The molecular weight excluding hydrogens is 428 g/mol. The fourth-order valence-corrected chi connectivity index (χ4v) is 4.67. The summed E-state index contributed by atoms with van der Waals surface area (Å²) in [6.07, 6.45) is -1.16. The van der Waals surface area contributed by atoms with Gasteiger partial charge >= 0.3 is 11.9 Å². The van der Waals surface area contributed by atoms with Gasteiger partial charge in [-0.25, -0.2) is 9.59 Å². The minimum Gasteiger partial charge on any atom is -0.458 e. The minimum atomic E-state index is -0.886. The highest BCUT2D eigenvalue weighted by Gasteiger charge is 2.41. The van der Waals surface area contributed by atoms with Crippen LogP contribution in [-0.4, -0.2) is 29.9 Å². The van der Waals surface area contributed by atoms with Crippen molar-refractivity contribution < 1.29 is 23.9 Å². The van der Waals surface area contributed by atoms with Gasteiger partial charge in [0, 0.05) is 11.5 Å². The van der Waals surface area contributed by atoms with Gasteiger partial charge < -0.3 is 9.47 Å². The molecule has 2 aromatic rings. The lowest BCUT2D eigenvalue weighted by Gasteiger charge is -2.39. The van der Waals surface area contributed by atoms with Crippen LogP contribution in [0, 0.1) is 38.0 Å². The van der Waals surface area contributed by atoms with Crippen LogP contribution in [0.3, 0.4) is 0 Å². The third-order valence-corrected chi connectivity index (χ3v) is 6.08. The molecule has 0 aliphatic rings. The Kier molecular flexibility index (Phi) is 8.82. The predicted molar refractivity (Wildman–Crippen MR) is 134 cm³/mol. The van der Waals surface area contributed by atoms with Crippen molar-refractivity contribution in [2.75, 3.05) is 0 Å². The molecule has 2 aromatic carbocycles. The summed E-state index contributed by atoms with van der Waals surface area (Å²) in [6.45, 7) is 17.3. The van der Waals surface area contributed by atoms with Gasteiger partial charge in [-0.15, -0.1) is 0 Å². The lowest BCUT2D eigenvalue weighted by atomic mass is 9.77. The first-order valence-electron chi connectivity index (χ1n) is 11.8. The van der Waals surface area contributed by atoms with E-state index in [-0.39, 0.29) is 11.8 Å². The number of esters is 2. The van der Waals surface area contributed by atoms with Gasteiger partial charge in [0.1, 0.15) is 12.2 Å². The number of rotatable bonds is 8. The quantitative estimate of drug-likeness (QED) is 0.260. The number of Topliss-reactive ketones (excluding diaryl/α,β-unsaturated/α-hetero) is 1. The van der Waals surface area contributed by atoms with Gasteiger partial charge in [0.15, 0.2) is 0 Å². The van der Waals surface area contributed by atoms with Crippen LogP contribution in [0.1, 0.15) is 78.9 Å². The molecule has 0 saturated carbocycles. The van der Waals surface area contributed by atoms with Crippen molar-refractivity contribution in [2.45, 2.75) is 74.5 Å². The summed E-state index contributed by atoms with van der Waals surface area (Å²) in [6, 6.07) is 12.6. The smallest absolute Gasteiger partial charge is 0.379 e. The van der Waals surface area contributed by atoms with Gasteiger partial charge in [-0.3, -0.25) is 4.79 Å². The fraction of sp³-hybridized carbons (Fsp3) is 0.483. The fourth-order valence-electron chi connectivity index (χ4n) is 4.67.